The van der Waals surface area contributed by atoms with Crippen LogP contribution in [0.3, 0.4) is 0 Å². The Morgan fingerprint density at radius 3 is 2.42 bits per heavy atom. The van der Waals surface area contributed by atoms with Crippen molar-refractivity contribution >= 4 is 5.69 Å². The highest BCUT2D eigenvalue weighted by Crippen LogP contribution is 2.27. The summed E-state index contributed by atoms with van der Waals surface area (Å²) in [5, 5.41) is 0. The van der Waals surface area contributed by atoms with Gasteiger partial charge in [0.15, 0.2) is 0 Å². The van der Waals surface area contributed by atoms with E-state index in [0.717, 1.165) is 26.2 Å². The van der Waals surface area contributed by atoms with Crippen molar-refractivity contribution in [2.24, 2.45) is 11.1 Å². The molecule has 1 aromatic rings. The van der Waals surface area contributed by atoms with Crippen molar-refractivity contribution in [2.75, 3.05) is 38.1 Å². The molecule has 0 amide bonds. The smallest absolute Gasteiger partial charge is 0.0390 e. The van der Waals surface area contributed by atoms with Gasteiger partial charge in [0.05, 0.1) is 0 Å². The zero-order valence-electron chi connectivity index (χ0n) is 12.7. The summed E-state index contributed by atoms with van der Waals surface area (Å²) in [5.74, 6) is 0. The quantitative estimate of drug-likeness (QED) is 0.885. The van der Waals surface area contributed by atoms with Crippen molar-refractivity contribution in [1.29, 1.82) is 0 Å². The number of likely N-dealkylation sites (N-methyl/N-ethyl adjacent to an activating group) is 1. The molecule has 106 valence electrons. The van der Waals surface area contributed by atoms with E-state index in [9.17, 15) is 0 Å². The maximum absolute atomic E-state index is 5.95. The van der Waals surface area contributed by atoms with Crippen molar-refractivity contribution in [3.8, 4) is 0 Å². The van der Waals surface area contributed by atoms with E-state index in [-0.39, 0.29) is 5.41 Å². The van der Waals surface area contributed by atoms with E-state index in [4.69, 9.17) is 5.73 Å². The first-order chi connectivity index (χ1) is 8.91. The van der Waals surface area contributed by atoms with Gasteiger partial charge in [-0.2, -0.15) is 0 Å². The minimum atomic E-state index is 0.281. The Labute approximate surface area is 117 Å². The highest BCUT2D eigenvalue weighted by atomic mass is 15.2. The lowest BCUT2D eigenvalue weighted by atomic mass is 9.92. The van der Waals surface area contributed by atoms with Gasteiger partial charge in [-0.1, -0.05) is 31.5 Å². The SMILES string of the molecule is Cc1ccc(N2CC(CN)N(C)CC(C)(C)C2)cc1. The lowest BCUT2D eigenvalue weighted by molar-refractivity contribution is 0.197. The fraction of sp³-hybridized carbons (Fsp3) is 0.625. The number of nitrogens with zero attached hydrogens (tertiary/aromatic N) is 2. The van der Waals surface area contributed by atoms with Crippen molar-refractivity contribution < 1.29 is 0 Å². The summed E-state index contributed by atoms with van der Waals surface area (Å²) >= 11 is 0. The molecule has 1 unspecified atom stereocenters. The second-order valence-corrected chi connectivity index (χ2v) is 6.68. The Balaban J connectivity index is 2.25. The summed E-state index contributed by atoms with van der Waals surface area (Å²) in [5.41, 5.74) is 8.85. The lowest BCUT2D eigenvalue weighted by Gasteiger charge is -2.31. The van der Waals surface area contributed by atoms with Gasteiger partial charge in [-0.05, 0) is 31.5 Å². The van der Waals surface area contributed by atoms with E-state index in [1.165, 1.54) is 11.3 Å². The predicted octanol–water partition coefficient (Wildman–Crippen LogP) is 2.10. The molecule has 1 aliphatic rings. The van der Waals surface area contributed by atoms with E-state index in [2.05, 4.69) is 61.9 Å². The molecule has 2 N–H and O–H groups in total. The largest absolute Gasteiger partial charge is 0.369 e. The molecule has 3 heteroatoms. The second-order valence-electron chi connectivity index (χ2n) is 6.68. The van der Waals surface area contributed by atoms with Gasteiger partial charge in [0.2, 0.25) is 0 Å². The fourth-order valence-electron chi connectivity index (χ4n) is 3.04. The molecule has 1 aromatic carbocycles. The molecule has 1 heterocycles. The van der Waals surface area contributed by atoms with Crippen molar-refractivity contribution in [3.63, 3.8) is 0 Å². The standard InChI is InChI=1S/C16H27N3/c1-13-5-7-14(8-6-13)19-10-15(9-17)18(4)11-16(2,3)12-19/h5-8,15H,9-12,17H2,1-4H3. The minimum absolute atomic E-state index is 0.281. The summed E-state index contributed by atoms with van der Waals surface area (Å²) in [6.45, 7) is 10.7. The molecular formula is C16H27N3. The van der Waals surface area contributed by atoms with Crippen molar-refractivity contribution in [2.45, 2.75) is 26.8 Å². The number of benzene rings is 1. The second kappa shape index (κ2) is 5.51. The van der Waals surface area contributed by atoms with Crippen molar-refractivity contribution in [1.82, 2.24) is 4.90 Å². The number of hydrogen-bond acceptors (Lipinski definition) is 3. The van der Waals surface area contributed by atoms with Crippen LogP contribution < -0.4 is 10.6 Å². The van der Waals surface area contributed by atoms with Crippen molar-refractivity contribution in [3.05, 3.63) is 29.8 Å². The van der Waals surface area contributed by atoms with Crippen LogP contribution in [0.15, 0.2) is 24.3 Å². The third kappa shape index (κ3) is 3.48. The van der Waals surface area contributed by atoms with Crippen LogP contribution in [0, 0.1) is 12.3 Å². The summed E-state index contributed by atoms with van der Waals surface area (Å²) in [6, 6.07) is 9.26. The molecule has 19 heavy (non-hydrogen) atoms. The van der Waals surface area contributed by atoms with Crippen LogP contribution in [0.25, 0.3) is 0 Å². The molecule has 3 nitrogen and oxygen atoms in total. The van der Waals surface area contributed by atoms with Gasteiger partial charge in [0.25, 0.3) is 0 Å². The van der Waals surface area contributed by atoms with E-state index >= 15 is 0 Å². The van der Waals surface area contributed by atoms with Crippen LogP contribution in [-0.4, -0.2) is 44.2 Å². The van der Waals surface area contributed by atoms with Gasteiger partial charge in [-0.25, -0.2) is 0 Å². The molecular weight excluding hydrogens is 234 g/mol. The molecule has 0 aliphatic carbocycles. The number of nitrogens with two attached hydrogens (primary N) is 1. The molecule has 0 spiro atoms. The Kier molecular flexibility index (Phi) is 4.16. The highest BCUT2D eigenvalue weighted by molar-refractivity contribution is 5.48. The van der Waals surface area contributed by atoms with Crippen LogP contribution in [0.2, 0.25) is 0 Å². The maximum atomic E-state index is 5.95. The summed E-state index contributed by atoms with van der Waals surface area (Å²) in [4.78, 5) is 4.90. The molecule has 1 atom stereocenters. The molecule has 1 saturated heterocycles. The summed E-state index contributed by atoms with van der Waals surface area (Å²) in [7, 11) is 2.19. The number of anilines is 1. The van der Waals surface area contributed by atoms with E-state index in [1.54, 1.807) is 0 Å². The first kappa shape index (κ1) is 14.4. The Hall–Kier alpha value is -1.06. The monoisotopic (exact) mass is 261 g/mol. The number of aryl methyl sites for hydroxylation is 1. The van der Waals surface area contributed by atoms with Gasteiger partial charge < -0.3 is 10.6 Å². The van der Waals surface area contributed by atoms with Gasteiger partial charge in [-0.3, -0.25) is 4.90 Å². The first-order valence-electron chi connectivity index (χ1n) is 7.13. The Morgan fingerprint density at radius 1 is 1.21 bits per heavy atom. The average molecular weight is 261 g/mol. The molecule has 0 aromatic heterocycles. The zero-order chi connectivity index (χ0) is 14.0. The zero-order valence-corrected chi connectivity index (χ0v) is 12.7. The van der Waals surface area contributed by atoms with Gasteiger partial charge in [-0.15, -0.1) is 0 Å². The molecule has 1 fully saturated rings. The average Bonchev–Trinajstić information content (AvgIpc) is 2.45. The third-order valence-electron chi connectivity index (χ3n) is 4.02. The third-order valence-corrected chi connectivity index (χ3v) is 4.02. The maximum Gasteiger partial charge on any atom is 0.0390 e. The topological polar surface area (TPSA) is 32.5 Å². The van der Waals surface area contributed by atoms with Gasteiger partial charge in [0, 0.05) is 37.9 Å². The van der Waals surface area contributed by atoms with Crippen LogP contribution in [0.4, 0.5) is 5.69 Å². The molecule has 0 bridgehead atoms. The first-order valence-corrected chi connectivity index (χ1v) is 7.13. The van der Waals surface area contributed by atoms with Crippen LogP contribution in [0.1, 0.15) is 19.4 Å². The van der Waals surface area contributed by atoms with Crippen LogP contribution in [-0.2, 0) is 0 Å². The van der Waals surface area contributed by atoms with E-state index in [0.29, 0.717) is 6.04 Å². The summed E-state index contributed by atoms with van der Waals surface area (Å²) in [6.07, 6.45) is 0. The van der Waals surface area contributed by atoms with Gasteiger partial charge >= 0.3 is 0 Å². The van der Waals surface area contributed by atoms with Crippen LogP contribution in [0.5, 0.6) is 0 Å². The fourth-order valence-corrected chi connectivity index (χ4v) is 3.04. The van der Waals surface area contributed by atoms with E-state index < -0.39 is 0 Å². The Morgan fingerprint density at radius 2 is 1.84 bits per heavy atom. The van der Waals surface area contributed by atoms with E-state index in [1.807, 2.05) is 0 Å². The number of hydrogen-bond donors (Lipinski definition) is 1. The molecule has 2 rings (SSSR count). The summed E-state index contributed by atoms with van der Waals surface area (Å²) < 4.78 is 0. The predicted molar refractivity (Wildman–Crippen MR) is 82.6 cm³/mol. The minimum Gasteiger partial charge on any atom is -0.369 e. The lowest BCUT2D eigenvalue weighted by Crippen LogP contribution is -2.44. The number of rotatable bonds is 2. The molecule has 0 radical (unpaired) electrons. The van der Waals surface area contributed by atoms with Gasteiger partial charge in [0.1, 0.15) is 0 Å². The Bertz CT molecular complexity index is 411. The normalized spacial score (nSPS) is 24.3. The van der Waals surface area contributed by atoms with Crippen LogP contribution >= 0.6 is 0 Å². The molecule has 0 saturated carbocycles. The molecule has 1 aliphatic heterocycles. The highest BCUT2D eigenvalue weighted by Gasteiger charge is 2.31.